The summed E-state index contributed by atoms with van der Waals surface area (Å²) < 4.78 is 0. The summed E-state index contributed by atoms with van der Waals surface area (Å²) in [6, 6.07) is 0. The van der Waals surface area contributed by atoms with Crippen molar-refractivity contribution in [2.75, 3.05) is 6.61 Å². The minimum absolute atomic E-state index is 0.295. The lowest BCUT2D eigenvalue weighted by Crippen LogP contribution is -2.29. The maximum absolute atomic E-state index is 11.8. The van der Waals surface area contributed by atoms with Crippen molar-refractivity contribution in [1.29, 1.82) is 0 Å². The molecular weight excluding hydrogens is 272 g/mol. The van der Waals surface area contributed by atoms with E-state index in [-0.39, 0.29) is 5.56 Å². The van der Waals surface area contributed by atoms with Gasteiger partial charge in [0.25, 0.3) is 11.5 Å². The number of aryl methyl sites for hydroxylation is 1. The third-order valence-corrected chi connectivity index (χ3v) is 3.52. The van der Waals surface area contributed by atoms with Crippen LogP contribution in [0.2, 0.25) is 0 Å². The average Bonchev–Trinajstić information content (AvgIpc) is 2.67. The molecule has 0 aromatic carbocycles. The summed E-state index contributed by atoms with van der Waals surface area (Å²) in [5.74, 6) is -1.26. The lowest BCUT2D eigenvalue weighted by atomic mass is 10.2. The molecule has 2 rings (SSSR count). The Morgan fingerprint density at radius 2 is 2.32 bits per heavy atom. The molecule has 2 heterocycles. The van der Waals surface area contributed by atoms with Crippen LogP contribution in [-0.4, -0.2) is 28.4 Å². The molecule has 9 heteroatoms. The first-order chi connectivity index (χ1) is 9.00. The van der Waals surface area contributed by atoms with Crippen molar-refractivity contribution in [2.45, 2.75) is 6.92 Å². The van der Waals surface area contributed by atoms with E-state index < -0.39 is 18.4 Å². The molecule has 0 radical (unpaired) electrons. The molecule has 4 N–H and O–H groups in total. The van der Waals surface area contributed by atoms with Crippen LogP contribution in [0.3, 0.4) is 0 Å². The number of primary amides is 1. The largest absolute Gasteiger partial charge is 0.368 e. The number of fused-ring (bicyclic) bond motifs is 1. The van der Waals surface area contributed by atoms with Gasteiger partial charge in [-0.05, 0) is 12.5 Å². The lowest BCUT2D eigenvalue weighted by molar-refractivity contribution is -0.124. The fourth-order valence-corrected chi connectivity index (χ4v) is 2.55. The molecule has 0 saturated carbocycles. The van der Waals surface area contributed by atoms with Gasteiger partial charge in [0, 0.05) is 0 Å². The molecule has 0 saturated heterocycles. The number of rotatable bonds is 4. The second-order valence-electron chi connectivity index (χ2n) is 3.65. The summed E-state index contributed by atoms with van der Waals surface area (Å²) in [7, 11) is 0. The van der Waals surface area contributed by atoms with E-state index in [1.807, 2.05) is 0 Å². The quantitative estimate of drug-likeness (QED) is 0.648. The first-order valence-electron chi connectivity index (χ1n) is 5.18. The van der Waals surface area contributed by atoms with Gasteiger partial charge in [-0.2, -0.15) is 0 Å². The number of carbonyl (C=O) groups excluding carboxylic acids is 2. The van der Waals surface area contributed by atoms with Crippen LogP contribution in [0.1, 0.15) is 15.2 Å². The van der Waals surface area contributed by atoms with E-state index in [0.717, 1.165) is 11.3 Å². The molecule has 0 unspecified atom stereocenters. The van der Waals surface area contributed by atoms with E-state index in [4.69, 9.17) is 5.73 Å². The Labute approximate surface area is 110 Å². The molecule has 0 aliphatic carbocycles. The van der Waals surface area contributed by atoms with Crippen molar-refractivity contribution in [1.82, 2.24) is 15.4 Å². The topological polar surface area (TPSA) is 127 Å². The predicted octanol–water partition coefficient (Wildman–Crippen LogP) is -0.560. The summed E-state index contributed by atoms with van der Waals surface area (Å²) >= 11 is 1.07. The van der Waals surface area contributed by atoms with Gasteiger partial charge in [0.2, 0.25) is 5.91 Å². The van der Waals surface area contributed by atoms with Crippen molar-refractivity contribution in [3.05, 3.63) is 27.1 Å². The fourth-order valence-electron chi connectivity index (χ4n) is 1.51. The molecular formula is C10H10N4O4S. The molecule has 19 heavy (non-hydrogen) atoms. The van der Waals surface area contributed by atoms with Gasteiger partial charge in [-0.15, -0.1) is 11.3 Å². The molecule has 2 aromatic heterocycles. The first kappa shape index (κ1) is 13.2. The van der Waals surface area contributed by atoms with Crippen molar-refractivity contribution < 1.29 is 14.4 Å². The van der Waals surface area contributed by atoms with E-state index in [9.17, 15) is 14.4 Å². The van der Waals surface area contributed by atoms with Gasteiger partial charge < -0.3 is 10.7 Å². The van der Waals surface area contributed by atoms with Crippen LogP contribution in [0.25, 0.3) is 10.2 Å². The SMILES string of the molecule is Cc1c(C(=O)NOCC(N)=O)sc2nc[nH]c(=O)c12. The number of aromatic nitrogens is 2. The summed E-state index contributed by atoms with van der Waals surface area (Å²) in [4.78, 5) is 45.7. The molecule has 0 aliphatic rings. The van der Waals surface area contributed by atoms with E-state index >= 15 is 0 Å². The Morgan fingerprint density at radius 1 is 1.58 bits per heavy atom. The monoisotopic (exact) mass is 282 g/mol. The molecule has 0 spiro atoms. The van der Waals surface area contributed by atoms with Crippen molar-refractivity contribution >= 4 is 33.4 Å². The zero-order valence-corrected chi connectivity index (χ0v) is 10.7. The van der Waals surface area contributed by atoms with Crippen LogP contribution < -0.4 is 16.8 Å². The molecule has 0 fully saturated rings. The minimum atomic E-state index is -0.702. The van der Waals surface area contributed by atoms with Crippen LogP contribution in [0.15, 0.2) is 11.1 Å². The number of nitrogens with zero attached hydrogens (tertiary/aromatic N) is 1. The number of hydrogen-bond donors (Lipinski definition) is 3. The summed E-state index contributed by atoms with van der Waals surface area (Å²) in [5.41, 5.74) is 7.14. The molecule has 2 amide bonds. The van der Waals surface area contributed by atoms with Crippen LogP contribution in [0.5, 0.6) is 0 Å². The van der Waals surface area contributed by atoms with Gasteiger partial charge in [-0.3, -0.25) is 19.2 Å². The Bertz CT molecular complexity index is 705. The van der Waals surface area contributed by atoms with Crippen molar-refractivity contribution in [2.24, 2.45) is 5.73 Å². The second kappa shape index (κ2) is 5.16. The van der Waals surface area contributed by atoms with Crippen LogP contribution >= 0.6 is 11.3 Å². The summed E-state index contributed by atoms with van der Waals surface area (Å²) in [6.07, 6.45) is 1.27. The number of carbonyl (C=O) groups is 2. The minimum Gasteiger partial charge on any atom is -0.368 e. The van der Waals surface area contributed by atoms with Gasteiger partial charge >= 0.3 is 0 Å². The second-order valence-corrected chi connectivity index (χ2v) is 4.65. The molecule has 8 nitrogen and oxygen atoms in total. The van der Waals surface area contributed by atoms with Crippen LogP contribution in [-0.2, 0) is 9.63 Å². The van der Waals surface area contributed by atoms with Gasteiger partial charge in [-0.1, -0.05) is 0 Å². The van der Waals surface area contributed by atoms with Gasteiger partial charge in [0.05, 0.1) is 16.6 Å². The third-order valence-electron chi connectivity index (χ3n) is 2.32. The van der Waals surface area contributed by atoms with Crippen LogP contribution in [0.4, 0.5) is 0 Å². The fraction of sp³-hybridized carbons (Fsp3) is 0.200. The van der Waals surface area contributed by atoms with E-state index in [0.29, 0.717) is 20.7 Å². The molecule has 0 bridgehead atoms. The zero-order chi connectivity index (χ0) is 14.0. The average molecular weight is 282 g/mol. The van der Waals surface area contributed by atoms with E-state index in [2.05, 4.69) is 20.3 Å². The normalized spacial score (nSPS) is 10.6. The van der Waals surface area contributed by atoms with Gasteiger partial charge in [-0.25, -0.2) is 10.5 Å². The van der Waals surface area contributed by atoms with E-state index in [1.54, 1.807) is 6.92 Å². The zero-order valence-electron chi connectivity index (χ0n) is 9.85. The van der Waals surface area contributed by atoms with Crippen LogP contribution in [0, 0.1) is 6.92 Å². The highest BCUT2D eigenvalue weighted by atomic mass is 32.1. The highest BCUT2D eigenvalue weighted by Gasteiger charge is 2.18. The van der Waals surface area contributed by atoms with Gasteiger partial charge in [0.1, 0.15) is 4.83 Å². The number of nitrogens with two attached hydrogens (primary N) is 1. The maximum Gasteiger partial charge on any atom is 0.285 e. The molecule has 0 atom stereocenters. The smallest absolute Gasteiger partial charge is 0.285 e. The van der Waals surface area contributed by atoms with E-state index in [1.165, 1.54) is 6.33 Å². The Kier molecular flexibility index (Phi) is 3.58. The number of nitrogens with one attached hydrogen (secondary N) is 2. The molecule has 100 valence electrons. The first-order valence-corrected chi connectivity index (χ1v) is 5.99. The Balaban J connectivity index is 2.28. The molecule has 0 aliphatic heterocycles. The molecule has 2 aromatic rings. The maximum atomic E-state index is 11.8. The number of H-pyrrole nitrogens is 1. The van der Waals surface area contributed by atoms with Gasteiger partial charge in [0.15, 0.2) is 6.61 Å². The predicted molar refractivity (Wildman–Crippen MR) is 67.6 cm³/mol. The van der Waals surface area contributed by atoms with Crippen molar-refractivity contribution in [3.63, 3.8) is 0 Å². The Hall–Kier alpha value is -2.26. The number of aromatic amines is 1. The number of hydrogen-bond acceptors (Lipinski definition) is 6. The summed E-state index contributed by atoms with van der Waals surface area (Å²) in [6.45, 7) is 1.22. The number of amides is 2. The standard InChI is InChI=1S/C10H10N4O4S/c1-4-6-8(16)12-3-13-10(6)19-7(4)9(17)14-18-2-5(11)15/h3H,2H2,1H3,(H2,11,15)(H,14,17)(H,12,13,16). The number of thiophene rings is 1. The third kappa shape index (κ3) is 2.61. The lowest BCUT2D eigenvalue weighted by Gasteiger charge is -2.02. The highest BCUT2D eigenvalue weighted by molar-refractivity contribution is 7.20. The summed E-state index contributed by atoms with van der Waals surface area (Å²) in [5, 5.41) is 0.368. The number of hydroxylamine groups is 1. The van der Waals surface area contributed by atoms with Crippen molar-refractivity contribution in [3.8, 4) is 0 Å². The Morgan fingerprint density at radius 3 is 2.95 bits per heavy atom. The highest BCUT2D eigenvalue weighted by Crippen LogP contribution is 2.26.